The van der Waals surface area contributed by atoms with Gasteiger partial charge < -0.3 is 5.32 Å². The molecule has 0 saturated heterocycles. The molecule has 1 N–H and O–H groups in total. The van der Waals surface area contributed by atoms with Crippen LogP contribution in [0.3, 0.4) is 0 Å². The number of non-ortho nitro benzene ring substituents is 1. The molecule has 1 amide bonds. The molecule has 5 nitrogen and oxygen atoms in total. The highest BCUT2D eigenvalue weighted by atomic mass is 16.6. The summed E-state index contributed by atoms with van der Waals surface area (Å²) in [6.07, 6.45) is 0. The molecule has 2 aromatic rings. The molecule has 0 aliphatic heterocycles. The molecule has 0 heterocycles. The van der Waals surface area contributed by atoms with Crippen molar-refractivity contribution in [3.63, 3.8) is 0 Å². The predicted molar refractivity (Wildman–Crippen MR) is 84.5 cm³/mol. The summed E-state index contributed by atoms with van der Waals surface area (Å²) >= 11 is 0. The van der Waals surface area contributed by atoms with Crippen molar-refractivity contribution < 1.29 is 9.72 Å². The maximum Gasteiger partial charge on any atom is 0.269 e. The van der Waals surface area contributed by atoms with Gasteiger partial charge in [-0.1, -0.05) is 49.4 Å². The molecule has 0 fully saturated rings. The standard InChI is InChI=1S/C17H18N2O3/c1-12(14-8-10-16(11-9-14)19(21)22)17(18-13(2)20)15-6-4-3-5-7-15/h3-12,17H,1-2H3,(H,18,20). The number of carbonyl (C=O) groups is 1. The van der Waals surface area contributed by atoms with Crippen LogP contribution in [0.2, 0.25) is 0 Å². The second-order valence-corrected chi connectivity index (χ2v) is 5.23. The Kier molecular flexibility index (Phi) is 4.88. The lowest BCUT2D eigenvalue weighted by molar-refractivity contribution is -0.384. The quantitative estimate of drug-likeness (QED) is 0.677. The Balaban J connectivity index is 2.30. The van der Waals surface area contributed by atoms with Crippen molar-refractivity contribution in [2.45, 2.75) is 25.8 Å². The molecule has 2 atom stereocenters. The Morgan fingerprint density at radius 1 is 1.05 bits per heavy atom. The number of nitrogens with zero attached hydrogens (tertiary/aromatic N) is 1. The highest BCUT2D eigenvalue weighted by Crippen LogP contribution is 2.31. The Labute approximate surface area is 129 Å². The zero-order chi connectivity index (χ0) is 16.1. The minimum atomic E-state index is -0.420. The predicted octanol–water partition coefficient (Wildman–Crippen LogP) is 3.58. The summed E-state index contributed by atoms with van der Waals surface area (Å²) < 4.78 is 0. The van der Waals surface area contributed by atoms with E-state index in [9.17, 15) is 14.9 Å². The smallest absolute Gasteiger partial charge is 0.269 e. The number of hydrogen-bond acceptors (Lipinski definition) is 3. The van der Waals surface area contributed by atoms with Gasteiger partial charge in [-0.3, -0.25) is 14.9 Å². The number of benzene rings is 2. The minimum absolute atomic E-state index is 0.00731. The number of nitrogens with one attached hydrogen (secondary N) is 1. The average molecular weight is 298 g/mol. The summed E-state index contributed by atoms with van der Waals surface area (Å²) in [6, 6.07) is 16.0. The van der Waals surface area contributed by atoms with Gasteiger partial charge in [0.15, 0.2) is 0 Å². The molecule has 2 unspecified atom stereocenters. The summed E-state index contributed by atoms with van der Waals surface area (Å²) in [7, 11) is 0. The van der Waals surface area contributed by atoms with Crippen LogP contribution in [0.25, 0.3) is 0 Å². The molecule has 2 aromatic carbocycles. The number of amides is 1. The fourth-order valence-corrected chi connectivity index (χ4v) is 2.47. The van der Waals surface area contributed by atoms with Gasteiger partial charge in [-0.15, -0.1) is 0 Å². The van der Waals surface area contributed by atoms with E-state index < -0.39 is 4.92 Å². The van der Waals surface area contributed by atoms with Gasteiger partial charge in [0, 0.05) is 25.0 Å². The molecular formula is C17H18N2O3. The average Bonchev–Trinajstić information content (AvgIpc) is 2.52. The zero-order valence-electron chi connectivity index (χ0n) is 12.5. The van der Waals surface area contributed by atoms with Crippen molar-refractivity contribution in [3.05, 3.63) is 75.8 Å². The van der Waals surface area contributed by atoms with Crippen LogP contribution >= 0.6 is 0 Å². The van der Waals surface area contributed by atoms with Gasteiger partial charge in [0.25, 0.3) is 5.69 Å². The molecule has 0 aliphatic rings. The zero-order valence-corrected chi connectivity index (χ0v) is 12.5. The molecule has 0 bridgehead atoms. The van der Waals surface area contributed by atoms with E-state index in [0.29, 0.717) is 0 Å². The van der Waals surface area contributed by atoms with E-state index in [1.54, 1.807) is 12.1 Å². The van der Waals surface area contributed by atoms with E-state index in [2.05, 4.69) is 5.32 Å². The lowest BCUT2D eigenvalue weighted by atomic mass is 9.88. The van der Waals surface area contributed by atoms with Crippen molar-refractivity contribution in [1.82, 2.24) is 5.32 Å². The minimum Gasteiger partial charge on any atom is -0.349 e. The van der Waals surface area contributed by atoms with Crippen LogP contribution in [0, 0.1) is 10.1 Å². The Morgan fingerprint density at radius 3 is 2.14 bits per heavy atom. The molecule has 0 saturated carbocycles. The van der Waals surface area contributed by atoms with E-state index >= 15 is 0 Å². The van der Waals surface area contributed by atoms with Gasteiger partial charge in [0.05, 0.1) is 11.0 Å². The lowest BCUT2D eigenvalue weighted by Gasteiger charge is -2.25. The van der Waals surface area contributed by atoms with E-state index in [1.807, 2.05) is 37.3 Å². The largest absolute Gasteiger partial charge is 0.349 e. The first-order valence-electron chi connectivity index (χ1n) is 7.05. The molecule has 2 rings (SSSR count). The first-order valence-corrected chi connectivity index (χ1v) is 7.05. The van der Waals surface area contributed by atoms with Crippen molar-refractivity contribution in [2.75, 3.05) is 0 Å². The number of nitro benzene ring substituents is 1. The number of nitro groups is 1. The Morgan fingerprint density at radius 2 is 1.64 bits per heavy atom. The molecule has 0 aliphatic carbocycles. The van der Waals surface area contributed by atoms with Crippen LogP contribution < -0.4 is 5.32 Å². The van der Waals surface area contributed by atoms with Gasteiger partial charge in [0.1, 0.15) is 0 Å². The highest BCUT2D eigenvalue weighted by Gasteiger charge is 2.22. The first-order chi connectivity index (χ1) is 10.5. The Hall–Kier alpha value is -2.69. The SMILES string of the molecule is CC(=O)NC(c1ccccc1)C(C)c1ccc([N+](=O)[O-])cc1. The summed E-state index contributed by atoms with van der Waals surface area (Å²) in [5.74, 6) is -0.116. The summed E-state index contributed by atoms with van der Waals surface area (Å²) in [5, 5.41) is 13.7. The third-order valence-electron chi connectivity index (χ3n) is 3.65. The lowest BCUT2D eigenvalue weighted by Crippen LogP contribution is -2.29. The van der Waals surface area contributed by atoms with Gasteiger partial charge in [-0.25, -0.2) is 0 Å². The van der Waals surface area contributed by atoms with Crippen molar-refractivity contribution >= 4 is 11.6 Å². The third-order valence-corrected chi connectivity index (χ3v) is 3.65. The molecule has 114 valence electrons. The van der Waals surface area contributed by atoms with E-state index in [4.69, 9.17) is 0 Å². The first kappa shape index (κ1) is 15.7. The summed E-state index contributed by atoms with van der Waals surface area (Å²) in [6.45, 7) is 3.48. The van der Waals surface area contributed by atoms with E-state index in [1.165, 1.54) is 19.1 Å². The molecule has 22 heavy (non-hydrogen) atoms. The van der Waals surface area contributed by atoms with Crippen LogP contribution in [-0.2, 0) is 4.79 Å². The van der Waals surface area contributed by atoms with E-state index in [0.717, 1.165) is 11.1 Å². The van der Waals surface area contributed by atoms with Crippen LogP contribution in [0.5, 0.6) is 0 Å². The summed E-state index contributed by atoms with van der Waals surface area (Å²) in [5.41, 5.74) is 2.00. The van der Waals surface area contributed by atoms with Crippen LogP contribution in [0.15, 0.2) is 54.6 Å². The van der Waals surface area contributed by atoms with Gasteiger partial charge in [-0.2, -0.15) is 0 Å². The molecule has 0 radical (unpaired) electrons. The van der Waals surface area contributed by atoms with Gasteiger partial charge in [-0.05, 0) is 11.1 Å². The van der Waals surface area contributed by atoms with Crippen LogP contribution in [0.1, 0.15) is 36.9 Å². The Bertz CT molecular complexity index is 653. The molecule has 5 heteroatoms. The number of rotatable bonds is 5. The monoisotopic (exact) mass is 298 g/mol. The highest BCUT2D eigenvalue weighted by molar-refractivity contribution is 5.73. The molecule has 0 spiro atoms. The van der Waals surface area contributed by atoms with Crippen molar-refractivity contribution in [1.29, 1.82) is 0 Å². The van der Waals surface area contributed by atoms with Gasteiger partial charge in [0.2, 0.25) is 5.91 Å². The summed E-state index contributed by atoms with van der Waals surface area (Å²) in [4.78, 5) is 21.8. The topological polar surface area (TPSA) is 72.2 Å². The number of carbonyl (C=O) groups excluding carboxylic acids is 1. The maximum atomic E-state index is 11.5. The van der Waals surface area contributed by atoms with Crippen molar-refractivity contribution in [2.24, 2.45) is 0 Å². The normalized spacial score (nSPS) is 13.2. The number of hydrogen-bond donors (Lipinski definition) is 1. The van der Waals surface area contributed by atoms with Crippen molar-refractivity contribution in [3.8, 4) is 0 Å². The van der Waals surface area contributed by atoms with Crippen LogP contribution in [-0.4, -0.2) is 10.8 Å². The fraction of sp³-hybridized carbons (Fsp3) is 0.235. The second kappa shape index (κ2) is 6.85. The second-order valence-electron chi connectivity index (χ2n) is 5.23. The molecular weight excluding hydrogens is 280 g/mol. The van der Waals surface area contributed by atoms with E-state index in [-0.39, 0.29) is 23.6 Å². The third kappa shape index (κ3) is 3.69. The molecule has 0 aromatic heterocycles. The maximum absolute atomic E-state index is 11.5. The van der Waals surface area contributed by atoms with Gasteiger partial charge >= 0.3 is 0 Å². The fourth-order valence-electron chi connectivity index (χ4n) is 2.47. The van der Waals surface area contributed by atoms with Crippen LogP contribution in [0.4, 0.5) is 5.69 Å².